The molecule has 1 aliphatic rings. The van der Waals surface area contributed by atoms with Crippen LogP contribution in [-0.4, -0.2) is 26.1 Å². The van der Waals surface area contributed by atoms with Crippen LogP contribution in [0.25, 0.3) is 0 Å². The minimum absolute atomic E-state index is 0.125. The van der Waals surface area contributed by atoms with Crippen LogP contribution in [0.2, 0.25) is 0 Å². The molecule has 1 aliphatic heterocycles. The minimum Gasteiger partial charge on any atom is -0.330 e. The van der Waals surface area contributed by atoms with Gasteiger partial charge in [-0.25, -0.2) is 8.42 Å². The number of rotatable bonds is 2. The summed E-state index contributed by atoms with van der Waals surface area (Å²) < 4.78 is 25.0. The first kappa shape index (κ1) is 12.5. The third-order valence-electron chi connectivity index (χ3n) is 2.63. The Bertz CT molecular complexity index is 571. The molecule has 92 valence electrons. The highest BCUT2D eigenvalue weighted by Gasteiger charge is 2.40. The normalized spacial score (nSPS) is 21.8. The maximum atomic E-state index is 12.2. The number of nitrogens with two attached hydrogens (primary N) is 1. The predicted octanol–water partition coefficient (Wildman–Crippen LogP) is 0.892. The Hall–Kier alpha value is -0.920. The lowest BCUT2D eigenvalue weighted by molar-refractivity contribution is -0.116. The van der Waals surface area contributed by atoms with Crippen LogP contribution >= 0.6 is 15.9 Å². The molecule has 0 bridgehead atoms. The summed E-state index contributed by atoms with van der Waals surface area (Å²) in [5.41, 5.74) is 5.65. The molecule has 1 heterocycles. The number of benzene rings is 1. The van der Waals surface area contributed by atoms with Crippen molar-refractivity contribution in [2.75, 3.05) is 11.9 Å². The Morgan fingerprint density at radius 3 is 2.76 bits per heavy atom. The van der Waals surface area contributed by atoms with Crippen LogP contribution < -0.4 is 11.1 Å². The number of para-hydroxylation sites is 1. The molecule has 0 spiro atoms. The van der Waals surface area contributed by atoms with E-state index >= 15 is 0 Å². The van der Waals surface area contributed by atoms with E-state index in [9.17, 15) is 13.2 Å². The Balaban J connectivity index is 2.62. The van der Waals surface area contributed by atoms with Crippen molar-refractivity contribution in [3.05, 3.63) is 22.7 Å². The average Bonchev–Trinajstić information content (AvgIpc) is 2.26. The van der Waals surface area contributed by atoms with Crippen molar-refractivity contribution in [1.82, 2.24) is 0 Å². The van der Waals surface area contributed by atoms with Crippen molar-refractivity contribution >= 4 is 37.4 Å². The molecule has 0 saturated heterocycles. The summed E-state index contributed by atoms with van der Waals surface area (Å²) in [5.74, 6) is -0.519. The van der Waals surface area contributed by atoms with Crippen molar-refractivity contribution in [3.63, 3.8) is 0 Å². The molecule has 1 unspecified atom stereocenters. The summed E-state index contributed by atoms with van der Waals surface area (Å²) in [4.78, 5) is 11.9. The zero-order valence-electron chi connectivity index (χ0n) is 8.81. The molecule has 0 saturated carbocycles. The largest absolute Gasteiger partial charge is 0.330 e. The van der Waals surface area contributed by atoms with Crippen LogP contribution in [0.4, 0.5) is 5.69 Å². The quantitative estimate of drug-likeness (QED) is 0.847. The molecule has 1 aromatic carbocycles. The first-order valence-electron chi connectivity index (χ1n) is 5.02. The van der Waals surface area contributed by atoms with Crippen LogP contribution in [0.1, 0.15) is 6.42 Å². The Morgan fingerprint density at radius 2 is 2.12 bits per heavy atom. The number of hydrogen-bond donors (Lipinski definition) is 2. The van der Waals surface area contributed by atoms with Crippen LogP contribution in [0.3, 0.4) is 0 Å². The second-order valence-corrected chi connectivity index (χ2v) is 6.67. The summed E-state index contributed by atoms with van der Waals surface area (Å²) >= 11 is 3.22. The van der Waals surface area contributed by atoms with Crippen molar-refractivity contribution in [2.45, 2.75) is 16.6 Å². The van der Waals surface area contributed by atoms with Gasteiger partial charge in [0.1, 0.15) is 5.25 Å². The molecule has 1 amide bonds. The van der Waals surface area contributed by atoms with Gasteiger partial charge in [-0.05, 0) is 41.0 Å². The number of nitrogens with one attached hydrogen (secondary N) is 1. The lowest BCUT2D eigenvalue weighted by Gasteiger charge is -2.25. The number of hydrogen-bond acceptors (Lipinski definition) is 4. The first-order valence-corrected chi connectivity index (χ1v) is 7.35. The second-order valence-electron chi connectivity index (χ2n) is 3.71. The smallest absolute Gasteiger partial charge is 0.243 e. The van der Waals surface area contributed by atoms with E-state index < -0.39 is 21.0 Å². The Labute approximate surface area is 107 Å². The lowest BCUT2D eigenvalue weighted by atomic mass is 10.2. The maximum absolute atomic E-state index is 12.2. The molecule has 2 rings (SSSR count). The van der Waals surface area contributed by atoms with Gasteiger partial charge in [0.25, 0.3) is 0 Å². The number of halogens is 1. The third kappa shape index (κ3) is 1.98. The molecule has 0 aliphatic carbocycles. The summed E-state index contributed by atoms with van der Waals surface area (Å²) in [6, 6.07) is 4.79. The fraction of sp³-hybridized carbons (Fsp3) is 0.300. The monoisotopic (exact) mass is 318 g/mol. The van der Waals surface area contributed by atoms with Crippen LogP contribution in [0, 0.1) is 0 Å². The molecule has 0 aromatic heterocycles. The number of fused-ring (bicyclic) bond motifs is 1. The van der Waals surface area contributed by atoms with Gasteiger partial charge in [-0.1, -0.05) is 6.07 Å². The standard InChI is InChI=1S/C10H11BrN2O3S/c11-6-2-1-3-7-9(6)13-10(14)8(4-5-12)17(7,15)16/h1-3,8H,4-5,12H2,(H,13,14). The van der Waals surface area contributed by atoms with Gasteiger partial charge < -0.3 is 11.1 Å². The van der Waals surface area contributed by atoms with Gasteiger partial charge in [-0.2, -0.15) is 0 Å². The second kappa shape index (κ2) is 4.40. The highest BCUT2D eigenvalue weighted by atomic mass is 79.9. The Morgan fingerprint density at radius 1 is 1.41 bits per heavy atom. The van der Waals surface area contributed by atoms with E-state index in [1.54, 1.807) is 12.1 Å². The molecule has 0 fully saturated rings. The number of amides is 1. The molecule has 7 heteroatoms. The Kier molecular flexibility index (Phi) is 3.24. The SMILES string of the molecule is NCCC1C(=O)Nc2c(Br)cccc2S1(=O)=O. The van der Waals surface area contributed by atoms with Crippen LogP contribution in [0.15, 0.2) is 27.6 Å². The first-order chi connectivity index (χ1) is 7.98. The van der Waals surface area contributed by atoms with Crippen molar-refractivity contribution < 1.29 is 13.2 Å². The van der Waals surface area contributed by atoms with E-state index in [-0.39, 0.29) is 17.9 Å². The topological polar surface area (TPSA) is 89.3 Å². The fourth-order valence-corrected chi connectivity index (χ4v) is 4.20. The predicted molar refractivity (Wildman–Crippen MR) is 67.4 cm³/mol. The van der Waals surface area contributed by atoms with Gasteiger partial charge in [0.2, 0.25) is 5.91 Å². The fourth-order valence-electron chi connectivity index (χ4n) is 1.80. The van der Waals surface area contributed by atoms with E-state index in [2.05, 4.69) is 21.2 Å². The molecular weight excluding hydrogens is 308 g/mol. The number of anilines is 1. The highest BCUT2D eigenvalue weighted by molar-refractivity contribution is 9.10. The van der Waals surface area contributed by atoms with Crippen molar-refractivity contribution in [3.8, 4) is 0 Å². The number of sulfone groups is 1. The molecule has 0 radical (unpaired) electrons. The molecule has 5 nitrogen and oxygen atoms in total. The van der Waals surface area contributed by atoms with E-state index in [1.807, 2.05) is 0 Å². The minimum atomic E-state index is -3.64. The maximum Gasteiger partial charge on any atom is 0.243 e. The van der Waals surface area contributed by atoms with Crippen molar-refractivity contribution in [2.24, 2.45) is 5.73 Å². The van der Waals surface area contributed by atoms with Gasteiger partial charge in [-0.15, -0.1) is 0 Å². The zero-order valence-corrected chi connectivity index (χ0v) is 11.2. The molecule has 17 heavy (non-hydrogen) atoms. The van der Waals surface area contributed by atoms with Gasteiger partial charge in [-0.3, -0.25) is 4.79 Å². The molecule has 1 atom stereocenters. The summed E-state index contributed by atoms with van der Waals surface area (Å²) in [6.07, 6.45) is 0.125. The third-order valence-corrected chi connectivity index (χ3v) is 5.44. The van der Waals surface area contributed by atoms with E-state index in [4.69, 9.17) is 5.73 Å². The van der Waals surface area contributed by atoms with E-state index in [1.165, 1.54) is 6.07 Å². The number of carbonyl (C=O) groups excluding carboxylic acids is 1. The lowest BCUT2D eigenvalue weighted by Crippen LogP contribution is -2.41. The average molecular weight is 319 g/mol. The van der Waals surface area contributed by atoms with E-state index in [0.717, 1.165) is 0 Å². The summed E-state index contributed by atoms with van der Waals surface area (Å²) in [5, 5.41) is 1.51. The molecular formula is C10H11BrN2O3S. The van der Waals surface area contributed by atoms with Gasteiger partial charge in [0.05, 0.1) is 10.6 Å². The van der Waals surface area contributed by atoms with Gasteiger partial charge in [0, 0.05) is 4.47 Å². The zero-order chi connectivity index (χ0) is 12.6. The van der Waals surface area contributed by atoms with Crippen molar-refractivity contribution in [1.29, 1.82) is 0 Å². The van der Waals surface area contributed by atoms with Gasteiger partial charge >= 0.3 is 0 Å². The van der Waals surface area contributed by atoms with Crippen LogP contribution in [0.5, 0.6) is 0 Å². The molecule has 3 N–H and O–H groups in total. The number of carbonyl (C=O) groups is 1. The van der Waals surface area contributed by atoms with E-state index in [0.29, 0.717) is 10.2 Å². The highest BCUT2D eigenvalue weighted by Crippen LogP contribution is 2.36. The van der Waals surface area contributed by atoms with Crippen LogP contribution in [-0.2, 0) is 14.6 Å². The summed E-state index contributed by atoms with van der Waals surface area (Å²) in [7, 11) is -3.64. The molecule has 1 aromatic rings. The van der Waals surface area contributed by atoms with Gasteiger partial charge in [0.15, 0.2) is 9.84 Å². The summed E-state index contributed by atoms with van der Waals surface area (Å²) in [6.45, 7) is 0.153.